The van der Waals surface area contributed by atoms with Crippen LogP contribution >= 0.6 is 11.1 Å². The van der Waals surface area contributed by atoms with E-state index >= 15 is 0 Å². The first kappa shape index (κ1) is 12.6. The molecule has 0 atom stereocenters. The first-order valence-corrected chi connectivity index (χ1v) is 8.99. The summed E-state index contributed by atoms with van der Waals surface area (Å²) >= 11 is 5.97. The van der Waals surface area contributed by atoms with Gasteiger partial charge >= 0.3 is 9.05 Å². The van der Waals surface area contributed by atoms with Crippen molar-refractivity contribution in [3.05, 3.63) is 0 Å². The van der Waals surface area contributed by atoms with Crippen LogP contribution in [0, 0.1) is 0 Å². The standard InChI is InChI=1S/C5H15ClO4Si2/c1-7-12(8-2,9-3)10-11(4,5)6/h1-5H3. The van der Waals surface area contributed by atoms with E-state index < -0.39 is 16.7 Å². The molecule has 0 aromatic carbocycles. The molecule has 0 unspecified atom stereocenters. The second-order valence-electron chi connectivity index (χ2n) is 2.58. The highest BCUT2D eigenvalue weighted by Gasteiger charge is 2.47. The monoisotopic (exact) mass is 230 g/mol. The molecule has 0 radical (unpaired) electrons. The average Bonchev–Trinajstić information content (AvgIpc) is 1.99. The van der Waals surface area contributed by atoms with Crippen molar-refractivity contribution < 1.29 is 17.4 Å². The van der Waals surface area contributed by atoms with Gasteiger partial charge in [0.25, 0.3) is 7.63 Å². The maximum Gasteiger partial charge on any atom is 0.669 e. The van der Waals surface area contributed by atoms with Gasteiger partial charge in [0.2, 0.25) is 0 Å². The molecule has 0 aromatic rings. The zero-order valence-corrected chi connectivity index (χ0v) is 10.8. The quantitative estimate of drug-likeness (QED) is 0.528. The molecule has 0 aliphatic carbocycles. The summed E-state index contributed by atoms with van der Waals surface area (Å²) in [4.78, 5) is 0. The smallest absolute Gasteiger partial charge is 0.380 e. The van der Waals surface area contributed by atoms with Crippen molar-refractivity contribution in [2.24, 2.45) is 0 Å². The predicted molar refractivity (Wildman–Crippen MR) is 51.2 cm³/mol. The SMILES string of the molecule is CO[Si](OC)(OC)O[Si](C)(C)Cl. The van der Waals surface area contributed by atoms with Crippen molar-refractivity contribution in [3.63, 3.8) is 0 Å². The molecule has 0 saturated heterocycles. The lowest BCUT2D eigenvalue weighted by Gasteiger charge is -2.28. The average molecular weight is 231 g/mol. The minimum atomic E-state index is -2.92. The van der Waals surface area contributed by atoms with Crippen molar-refractivity contribution in [3.8, 4) is 0 Å². The van der Waals surface area contributed by atoms with Crippen LogP contribution in [0.3, 0.4) is 0 Å². The summed E-state index contributed by atoms with van der Waals surface area (Å²) in [5.74, 6) is 0. The molecule has 0 fully saturated rings. The molecule has 0 saturated carbocycles. The van der Waals surface area contributed by atoms with Crippen LogP contribution in [0.4, 0.5) is 0 Å². The molecule has 0 aromatic heterocycles. The summed E-state index contributed by atoms with van der Waals surface area (Å²) < 4.78 is 20.6. The minimum absolute atomic E-state index is 1.48. The Morgan fingerprint density at radius 1 is 0.917 bits per heavy atom. The first-order chi connectivity index (χ1) is 5.39. The Balaban J connectivity index is 4.30. The van der Waals surface area contributed by atoms with E-state index in [1.54, 1.807) is 0 Å². The molecule has 0 aliphatic heterocycles. The van der Waals surface area contributed by atoms with Crippen LogP contribution in [0.5, 0.6) is 0 Å². The Morgan fingerprint density at radius 3 is 1.33 bits per heavy atom. The lowest BCUT2D eigenvalue weighted by molar-refractivity contribution is 0.0498. The molecule has 7 heteroatoms. The van der Waals surface area contributed by atoms with Crippen molar-refractivity contribution in [1.82, 2.24) is 0 Å². The van der Waals surface area contributed by atoms with Gasteiger partial charge in [-0.2, -0.15) is 0 Å². The zero-order valence-electron chi connectivity index (χ0n) is 8.01. The molecule has 0 spiro atoms. The van der Waals surface area contributed by atoms with Gasteiger partial charge < -0.3 is 17.4 Å². The predicted octanol–water partition coefficient (Wildman–Crippen LogP) is 1.32. The van der Waals surface area contributed by atoms with Gasteiger partial charge in [0.15, 0.2) is 0 Å². The molecule has 4 nitrogen and oxygen atoms in total. The third-order valence-electron chi connectivity index (χ3n) is 1.12. The van der Waals surface area contributed by atoms with Crippen LogP contribution in [0.2, 0.25) is 13.1 Å². The molecule has 0 N–H and O–H groups in total. The molecule has 74 valence electrons. The fourth-order valence-corrected chi connectivity index (χ4v) is 5.40. The topological polar surface area (TPSA) is 36.9 Å². The normalized spacial score (nSPS) is 13.5. The van der Waals surface area contributed by atoms with Gasteiger partial charge in [0.05, 0.1) is 0 Å². The summed E-state index contributed by atoms with van der Waals surface area (Å²) in [6.07, 6.45) is 0. The Kier molecular flexibility index (Phi) is 4.92. The highest BCUT2D eigenvalue weighted by atomic mass is 35.6. The van der Waals surface area contributed by atoms with Crippen LogP contribution in [-0.2, 0) is 17.4 Å². The summed E-state index contributed by atoms with van der Waals surface area (Å²) in [5, 5.41) is 0. The summed E-state index contributed by atoms with van der Waals surface area (Å²) in [7, 11) is -0.672. The Bertz CT molecular complexity index is 126. The van der Waals surface area contributed by atoms with E-state index in [4.69, 9.17) is 28.5 Å². The van der Waals surface area contributed by atoms with Crippen molar-refractivity contribution in [2.45, 2.75) is 13.1 Å². The molecule has 0 aliphatic rings. The van der Waals surface area contributed by atoms with Crippen LogP contribution in [0.1, 0.15) is 0 Å². The van der Waals surface area contributed by atoms with E-state index in [0.29, 0.717) is 0 Å². The van der Waals surface area contributed by atoms with Crippen LogP contribution in [0.15, 0.2) is 0 Å². The molecule has 0 bridgehead atoms. The number of hydrogen-bond donors (Lipinski definition) is 0. The third-order valence-corrected chi connectivity index (χ3v) is 6.25. The Morgan fingerprint density at radius 2 is 1.25 bits per heavy atom. The number of halogens is 1. The van der Waals surface area contributed by atoms with E-state index in [1.807, 2.05) is 13.1 Å². The highest BCUT2D eigenvalue weighted by Crippen LogP contribution is 2.18. The van der Waals surface area contributed by atoms with Crippen LogP contribution in [-0.4, -0.2) is 38.0 Å². The van der Waals surface area contributed by atoms with Gasteiger partial charge in [-0.15, -0.1) is 11.1 Å². The van der Waals surface area contributed by atoms with Crippen LogP contribution < -0.4 is 0 Å². The Hall–Kier alpha value is 0.564. The van der Waals surface area contributed by atoms with Gasteiger partial charge in [0.1, 0.15) is 0 Å². The second-order valence-corrected chi connectivity index (χ2v) is 11.1. The number of rotatable bonds is 5. The largest absolute Gasteiger partial charge is 0.669 e. The van der Waals surface area contributed by atoms with Crippen LogP contribution in [0.25, 0.3) is 0 Å². The van der Waals surface area contributed by atoms with Gasteiger partial charge in [-0.05, 0) is 13.1 Å². The number of hydrogen-bond acceptors (Lipinski definition) is 4. The third kappa shape index (κ3) is 3.99. The van der Waals surface area contributed by atoms with E-state index in [1.165, 1.54) is 21.3 Å². The van der Waals surface area contributed by atoms with Crippen molar-refractivity contribution in [2.75, 3.05) is 21.3 Å². The molecule has 0 rings (SSSR count). The van der Waals surface area contributed by atoms with E-state index in [-0.39, 0.29) is 0 Å². The van der Waals surface area contributed by atoms with Gasteiger partial charge in [-0.25, -0.2) is 0 Å². The molecule has 0 amide bonds. The fraction of sp³-hybridized carbons (Fsp3) is 1.00. The van der Waals surface area contributed by atoms with E-state index in [9.17, 15) is 0 Å². The lowest BCUT2D eigenvalue weighted by Crippen LogP contribution is -2.52. The van der Waals surface area contributed by atoms with E-state index in [0.717, 1.165) is 0 Å². The highest BCUT2D eigenvalue weighted by molar-refractivity contribution is 7.17. The second kappa shape index (κ2) is 4.70. The Labute approximate surface area is 80.0 Å². The molecular formula is C5H15ClO4Si2. The summed E-state index contributed by atoms with van der Waals surface area (Å²) in [5.41, 5.74) is 0. The first-order valence-electron chi connectivity index (χ1n) is 3.43. The maximum absolute atomic E-state index is 5.97. The van der Waals surface area contributed by atoms with Crippen molar-refractivity contribution in [1.29, 1.82) is 0 Å². The summed E-state index contributed by atoms with van der Waals surface area (Å²) in [6.45, 7) is 3.65. The van der Waals surface area contributed by atoms with Gasteiger partial charge in [0, 0.05) is 21.3 Å². The van der Waals surface area contributed by atoms with Gasteiger partial charge in [-0.1, -0.05) is 0 Å². The molecule has 0 heterocycles. The van der Waals surface area contributed by atoms with Gasteiger partial charge in [-0.3, -0.25) is 0 Å². The molecular weight excluding hydrogens is 216 g/mol. The fourth-order valence-electron chi connectivity index (χ4n) is 0.672. The summed E-state index contributed by atoms with van der Waals surface area (Å²) in [6, 6.07) is 0. The molecule has 12 heavy (non-hydrogen) atoms. The van der Waals surface area contributed by atoms with Crippen molar-refractivity contribution >= 4 is 27.8 Å². The van der Waals surface area contributed by atoms with E-state index in [2.05, 4.69) is 0 Å². The minimum Gasteiger partial charge on any atom is -0.380 e. The maximum atomic E-state index is 5.97. The zero-order chi connectivity index (χ0) is 9.83. The lowest BCUT2D eigenvalue weighted by atomic mass is 11.8.